The van der Waals surface area contributed by atoms with Crippen molar-refractivity contribution in [2.24, 2.45) is 0 Å². The van der Waals surface area contributed by atoms with Crippen molar-refractivity contribution in [1.82, 2.24) is 5.32 Å². The number of hydrogen-bond donors (Lipinski definition) is 1. The second-order valence-electron chi connectivity index (χ2n) is 5.09. The molecule has 1 atom stereocenters. The van der Waals surface area contributed by atoms with Gasteiger partial charge < -0.3 is 5.32 Å². The second-order valence-corrected chi connectivity index (χ2v) is 5.88. The third-order valence-electron chi connectivity index (χ3n) is 3.62. The molecule has 0 aliphatic rings. The Morgan fingerprint density at radius 2 is 1.76 bits per heavy atom. The highest BCUT2D eigenvalue weighted by Gasteiger charge is 2.21. The Labute approximate surface area is 135 Å². The number of benzene rings is 2. The van der Waals surface area contributed by atoms with E-state index in [9.17, 15) is 4.39 Å². The lowest BCUT2D eigenvalue weighted by atomic mass is 9.95. The predicted octanol–water partition coefficient (Wildman–Crippen LogP) is 5.45. The first-order valence-electron chi connectivity index (χ1n) is 6.89. The van der Waals surface area contributed by atoms with Crippen LogP contribution in [0.1, 0.15) is 35.2 Å². The van der Waals surface area contributed by atoms with Crippen molar-refractivity contribution in [3.05, 3.63) is 68.4 Å². The SMILES string of the molecule is CCNC(c1cc(C)c(C)cc1Cl)c1cccc(F)c1Cl. The maximum atomic E-state index is 13.7. The lowest BCUT2D eigenvalue weighted by Crippen LogP contribution is -2.23. The molecule has 2 aromatic rings. The summed E-state index contributed by atoms with van der Waals surface area (Å²) in [5, 5.41) is 4.13. The molecule has 2 rings (SSSR count). The fourth-order valence-corrected chi connectivity index (χ4v) is 2.92. The van der Waals surface area contributed by atoms with Gasteiger partial charge in [0.2, 0.25) is 0 Å². The zero-order valence-electron chi connectivity index (χ0n) is 12.3. The van der Waals surface area contributed by atoms with E-state index in [1.54, 1.807) is 6.07 Å². The molecule has 0 amide bonds. The van der Waals surface area contributed by atoms with Crippen LogP contribution in [0.3, 0.4) is 0 Å². The number of hydrogen-bond acceptors (Lipinski definition) is 1. The van der Waals surface area contributed by atoms with Crippen LogP contribution >= 0.6 is 23.2 Å². The first kappa shape index (κ1) is 16.3. The number of nitrogens with one attached hydrogen (secondary N) is 1. The number of halogens is 3. The van der Waals surface area contributed by atoms with E-state index in [4.69, 9.17) is 23.2 Å². The van der Waals surface area contributed by atoms with Gasteiger partial charge in [0, 0.05) is 5.02 Å². The van der Waals surface area contributed by atoms with E-state index in [0.29, 0.717) is 10.6 Å². The van der Waals surface area contributed by atoms with E-state index in [-0.39, 0.29) is 11.1 Å². The third kappa shape index (κ3) is 3.39. The van der Waals surface area contributed by atoms with E-state index in [2.05, 4.69) is 5.32 Å². The van der Waals surface area contributed by atoms with Gasteiger partial charge in [-0.15, -0.1) is 0 Å². The largest absolute Gasteiger partial charge is 0.306 e. The summed E-state index contributed by atoms with van der Waals surface area (Å²) in [4.78, 5) is 0. The Kier molecular flexibility index (Phi) is 5.26. The van der Waals surface area contributed by atoms with Crippen LogP contribution in [-0.4, -0.2) is 6.54 Å². The van der Waals surface area contributed by atoms with E-state index in [1.807, 2.05) is 39.0 Å². The van der Waals surface area contributed by atoms with Gasteiger partial charge in [0.05, 0.1) is 11.1 Å². The third-order valence-corrected chi connectivity index (χ3v) is 4.35. The average molecular weight is 326 g/mol. The summed E-state index contributed by atoms with van der Waals surface area (Å²) in [6.45, 7) is 6.77. The molecule has 0 saturated heterocycles. The van der Waals surface area contributed by atoms with Crippen LogP contribution in [-0.2, 0) is 0 Å². The van der Waals surface area contributed by atoms with E-state index in [1.165, 1.54) is 6.07 Å². The topological polar surface area (TPSA) is 12.0 Å². The van der Waals surface area contributed by atoms with Crippen LogP contribution in [0.2, 0.25) is 10.0 Å². The summed E-state index contributed by atoms with van der Waals surface area (Å²) in [5.41, 5.74) is 3.88. The van der Waals surface area contributed by atoms with Gasteiger partial charge >= 0.3 is 0 Å². The van der Waals surface area contributed by atoms with Gasteiger partial charge in [-0.2, -0.15) is 0 Å². The van der Waals surface area contributed by atoms with Gasteiger partial charge in [0.25, 0.3) is 0 Å². The zero-order chi connectivity index (χ0) is 15.6. The average Bonchev–Trinajstić information content (AvgIpc) is 2.44. The van der Waals surface area contributed by atoms with Gasteiger partial charge in [-0.25, -0.2) is 4.39 Å². The molecule has 2 aromatic carbocycles. The standard InChI is InChI=1S/C17H18Cl2FN/c1-4-21-17(12-6-5-7-15(20)16(12)19)13-8-10(2)11(3)9-14(13)18/h5-9,17,21H,4H2,1-3H3. The first-order chi connectivity index (χ1) is 9.95. The van der Waals surface area contributed by atoms with Crippen molar-refractivity contribution in [2.45, 2.75) is 26.8 Å². The molecule has 0 aromatic heterocycles. The summed E-state index contributed by atoms with van der Waals surface area (Å²) in [6.07, 6.45) is 0. The molecule has 0 bridgehead atoms. The van der Waals surface area contributed by atoms with Crippen molar-refractivity contribution in [2.75, 3.05) is 6.54 Å². The summed E-state index contributed by atoms with van der Waals surface area (Å²) in [6, 6.07) is 8.58. The molecule has 1 unspecified atom stereocenters. The molecule has 4 heteroatoms. The fourth-order valence-electron chi connectivity index (χ4n) is 2.36. The van der Waals surface area contributed by atoms with Gasteiger partial charge in [0.15, 0.2) is 0 Å². The zero-order valence-corrected chi connectivity index (χ0v) is 13.8. The highest BCUT2D eigenvalue weighted by Crippen LogP contribution is 2.34. The van der Waals surface area contributed by atoms with Crippen molar-refractivity contribution in [1.29, 1.82) is 0 Å². The van der Waals surface area contributed by atoms with Crippen molar-refractivity contribution in [3.63, 3.8) is 0 Å². The van der Waals surface area contributed by atoms with Crippen LogP contribution in [0.25, 0.3) is 0 Å². The van der Waals surface area contributed by atoms with Gasteiger partial charge in [-0.3, -0.25) is 0 Å². The maximum absolute atomic E-state index is 13.7. The summed E-state index contributed by atoms with van der Waals surface area (Å²) >= 11 is 12.5. The Hall–Kier alpha value is -1.09. The minimum absolute atomic E-state index is 0.137. The molecule has 21 heavy (non-hydrogen) atoms. The molecule has 0 fully saturated rings. The molecule has 112 valence electrons. The molecule has 0 aliphatic heterocycles. The predicted molar refractivity (Wildman–Crippen MR) is 87.9 cm³/mol. The fraction of sp³-hybridized carbons (Fsp3) is 0.294. The Bertz CT molecular complexity index is 655. The van der Waals surface area contributed by atoms with E-state index in [0.717, 1.165) is 23.2 Å². The normalized spacial score (nSPS) is 12.5. The molecule has 0 heterocycles. The van der Waals surface area contributed by atoms with Gasteiger partial charge in [-0.1, -0.05) is 48.3 Å². The van der Waals surface area contributed by atoms with Crippen LogP contribution < -0.4 is 5.32 Å². The lowest BCUT2D eigenvalue weighted by Gasteiger charge is -2.22. The smallest absolute Gasteiger partial charge is 0.142 e. The van der Waals surface area contributed by atoms with Crippen LogP contribution in [0, 0.1) is 19.7 Å². The van der Waals surface area contributed by atoms with Crippen LogP contribution in [0.4, 0.5) is 4.39 Å². The highest BCUT2D eigenvalue weighted by atomic mass is 35.5. The Morgan fingerprint density at radius 3 is 2.43 bits per heavy atom. The molecule has 0 saturated carbocycles. The number of aryl methyl sites for hydroxylation is 2. The molecule has 0 radical (unpaired) electrons. The molecule has 0 spiro atoms. The first-order valence-corrected chi connectivity index (χ1v) is 7.65. The second kappa shape index (κ2) is 6.78. The van der Waals surface area contributed by atoms with Crippen molar-refractivity contribution < 1.29 is 4.39 Å². The van der Waals surface area contributed by atoms with Gasteiger partial charge in [0.1, 0.15) is 5.82 Å². The minimum atomic E-state index is -0.419. The molecular weight excluding hydrogens is 308 g/mol. The molecule has 1 nitrogen and oxygen atoms in total. The van der Waals surface area contributed by atoms with Crippen LogP contribution in [0.5, 0.6) is 0 Å². The minimum Gasteiger partial charge on any atom is -0.306 e. The van der Waals surface area contributed by atoms with Crippen molar-refractivity contribution >= 4 is 23.2 Å². The van der Waals surface area contributed by atoms with Crippen LogP contribution in [0.15, 0.2) is 30.3 Å². The maximum Gasteiger partial charge on any atom is 0.142 e. The highest BCUT2D eigenvalue weighted by molar-refractivity contribution is 6.32. The van der Waals surface area contributed by atoms with E-state index < -0.39 is 5.82 Å². The van der Waals surface area contributed by atoms with Crippen molar-refractivity contribution in [3.8, 4) is 0 Å². The molecule has 0 aliphatic carbocycles. The Balaban J connectivity index is 2.59. The quantitative estimate of drug-likeness (QED) is 0.788. The lowest BCUT2D eigenvalue weighted by molar-refractivity contribution is 0.603. The van der Waals surface area contributed by atoms with E-state index >= 15 is 0 Å². The molecular formula is C17H18Cl2FN. The summed E-state index contributed by atoms with van der Waals surface area (Å²) in [7, 11) is 0. The summed E-state index contributed by atoms with van der Waals surface area (Å²) < 4.78 is 13.7. The number of rotatable bonds is 4. The monoisotopic (exact) mass is 325 g/mol. The summed E-state index contributed by atoms with van der Waals surface area (Å²) in [5.74, 6) is -0.419. The van der Waals surface area contributed by atoms with Gasteiger partial charge in [-0.05, 0) is 54.8 Å². The molecule has 1 N–H and O–H groups in total. The Morgan fingerprint density at radius 1 is 1.10 bits per heavy atom.